The van der Waals surface area contributed by atoms with Crippen molar-refractivity contribution in [3.05, 3.63) is 225 Å². The fourth-order valence-electron chi connectivity index (χ4n) is 11.7. The van der Waals surface area contributed by atoms with Gasteiger partial charge in [0.2, 0.25) is 0 Å². The van der Waals surface area contributed by atoms with Crippen LogP contribution in [0.4, 0.5) is 13.2 Å². The first-order valence-electron chi connectivity index (χ1n) is 29.3. The van der Waals surface area contributed by atoms with E-state index in [0.29, 0.717) is 86.4 Å². The molecule has 12 rings (SSSR count). The minimum absolute atomic E-state index is 0.0389. The topological polar surface area (TPSA) is 174 Å². The number of carbonyl (C=O) groups is 3. The molecule has 15 nitrogen and oxygen atoms in total. The molecule has 3 aliphatic heterocycles. The van der Waals surface area contributed by atoms with E-state index in [0.717, 1.165) is 94.3 Å². The smallest absolute Gasteiger partial charge is 0.262 e. The summed E-state index contributed by atoms with van der Waals surface area (Å²) in [7, 11) is 0. The molecule has 0 radical (unpaired) electrons. The van der Waals surface area contributed by atoms with Crippen LogP contribution >= 0.6 is 36.7 Å². The number of nitrogens with zero attached hydrogens (tertiary/aromatic N) is 6. The average molecular weight is 1230 g/mol. The number of likely N-dealkylation sites (tertiary alicyclic amines) is 3. The Hall–Kier alpha value is -7.92. The number of halogens is 3. The summed E-state index contributed by atoms with van der Waals surface area (Å²) >= 11 is 16.1. The van der Waals surface area contributed by atoms with Crippen molar-refractivity contribution in [3.63, 3.8) is 0 Å². The van der Waals surface area contributed by atoms with Crippen molar-refractivity contribution < 1.29 is 27.6 Å². The first kappa shape index (κ1) is 62.1. The van der Waals surface area contributed by atoms with E-state index in [9.17, 15) is 41.9 Å². The van der Waals surface area contributed by atoms with Crippen LogP contribution in [0.15, 0.2) is 160 Å². The van der Waals surface area contributed by atoms with Crippen LogP contribution < -0.4 is 16.7 Å². The Morgan fingerprint density at radius 1 is 0.356 bits per heavy atom. The zero-order valence-corrected chi connectivity index (χ0v) is 50.3. The minimum atomic E-state index is -0.335. The van der Waals surface area contributed by atoms with E-state index in [-0.39, 0.29) is 69.2 Å². The summed E-state index contributed by atoms with van der Waals surface area (Å²) in [4.78, 5) is 92.1. The second-order valence-electron chi connectivity index (χ2n) is 22.3. The van der Waals surface area contributed by atoms with Crippen molar-refractivity contribution in [1.29, 1.82) is 0 Å². The Labute approximate surface area is 514 Å². The van der Waals surface area contributed by atoms with E-state index in [2.05, 4.69) is 29.7 Å². The number of nitrogens with one attached hydrogen (secondary N) is 3. The zero-order chi connectivity index (χ0) is 61.1. The van der Waals surface area contributed by atoms with Crippen LogP contribution in [0.1, 0.15) is 69.6 Å². The van der Waals surface area contributed by atoms with Crippen LogP contribution in [0, 0.1) is 49.5 Å². The van der Waals surface area contributed by atoms with Gasteiger partial charge in [0.25, 0.3) is 16.7 Å². The number of aromatic amines is 3. The Morgan fingerprint density at radius 3 is 0.828 bits per heavy atom. The lowest BCUT2D eigenvalue weighted by Gasteiger charge is -2.31. The molecule has 0 spiro atoms. The van der Waals surface area contributed by atoms with Crippen molar-refractivity contribution in [3.8, 4) is 0 Å². The highest BCUT2D eigenvalue weighted by atomic mass is 32.1. The number of H-pyrrole nitrogens is 3. The lowest BCUT2D eigenvalue weighted by Crippen LogP contribution is -2.39. The number of rotatable bonds is 15. The molecular weight excluding hydrogens is 1170 g/mol. The van der Waals surface area contributed by atoms with Gasteiger partial charge in [-0.2, -0.15) is 0 Å². The van der Waals surface area contributed by atoms with Crippen molar-refractivity contribution in [2.75, 3.05) is 58.9 Å². The van der Waals surface area contributed by atoms with Crippen LogP contribution in [-0.4, -0.2) is 120 Å². The molecule has 9 aromatic rings. The van der Waals surface area contributed by atoms with Crippen molar-refractivity contribution >= 4 is 86.7 Å². The molecule has 6 aromatic carbocycles. The molecule has 450 valence electrons. The third-order valence-electron chi connectivity index (χ3n) is 16.8. The molecular formula is C66H66F3N9O6S3. The molecule has 0 aliphatic carbocycles. The second kappa shape index (κ2) is 28.7. The van der Waals surface area contributed by atoms with Gasteiger partial charge in [-0.15, -0.1) is 0 Å². The third-order valence-corrected chi connectivity index (χ3v) is 17.8. The van der Waals surface area contributed by atoms with Crippen LogP contribution in [0.5, 0.6) is 0 Å². The number of para-hydroxylation sites is 3. The number of aromatic nitrogens is 6. The van der Waals surface area contributed by atoms with Crippen molar-refractivity contribution in [2.24, 2.45) is 17.8 Å². The number of fused-ring (bicyclic) bond motifs is 3. The molecule has 0 bridgehead atoms. The highest BCUT2D eigenvalue weighted by molar-refractivity contribution is 7.71. The Kier molecular flexibility index (Phi) is 20.5. The van der Waals surface area contributed by atoms with Crippen LogP contribution in [0.3, 0.4) is 0 Å². The first-order valence-corrected chi connectivity index (χ1v) is 30.5. The number of ketones is 3. The van der Waals surface area contributed by atoms with Gasteiger partial charge < -0.3 is 29.7 Å². The largest absolute Gasteiger partial charge is 0.332 e. The zero-order valence-electron chi connectivity index (χ0n) is 47.8. The summed E-state index contributed by atoms with van der Waals surface area (Å²) in [5.41, 5.74) is 3.72. The Balaban J connectivity index is 0.000000144. The monoisotopic (exact) mass is 1230 g/mol. The number of hydrogen-bond acceptors (Lipinski definition) is 12. The average Bonchev–Trinajstić information content (AvgIpc) is 3.37. The normalized spacial score (nSPS) is 15.6. The summed E-state index contributed by atoms with van der Waals surface area (Å²) in [6.45, 7) is 8.36. The quantitative estimate of drug-likeness (QED) is 0.0656. The first-order chi connectivity index (χ1) is 42.1. The maximum Gasteiger partial charge on any atom is 0.262 e. The van der Waals surface area contributed by atoms with E-state index in [1.165, 1.54) is 36.4 Å². The van der Waals surface area contributed by atoms with Crippen LogP contribution in [0.25, 0.3) is 32.7 Å². The molecule has 3 saturated heterocycles. The number of carbonyl (C=O) groups excluding carboxylic acids is 3. The van der Waals surface area contributed by atoms with E-state index >= 15 is 0 Å². The number of piperidine rings is 3. The molecule has 0 unspecified atom stereocenters. The van der Waals surface area contributed by atoms with Gasteiger partial charge in [0.1, 0.15) is 17.5 Å². The van der Waals surface area contributed by atoms with Gasteiger partial charge in [-0.3, -0.25) is 42.5 Å². The number of benzene rings is 6. The molecule has 0 atom stereocenters. The van der Waals surface area contributed by atoms with Crippen LogP contribution in [-0.2, 0) is 19.6 Å². The highest BCUT2D eigenvalue weighted by Gasteiger charge is 2.29. The summed E-state index contributed by atoms with van der Waals surface area (Å²) in [5, 5.41) is 1.89. The standard InChI is InChI=1S/3C22H22FN3O2S/c3*23-17-7-5-15(6-8-17)20(27)16-9-11-25(12-10-16)13-14-26-21(28)18-3-1-2-4-19(18)24-22(26)29/h3*1-8,16H,9-14H2,(H,24,29). The molecule has 6 heterocycles. The lowest BCUT2D eigenvalue weighted by atomic mass is 9.89. The molecule has 3 aromatic heterocycles. The fourth-order valence-corrected chi connectivity index (χ4v) is 12.6. The highest BCUT2D eigenvalue weighted by Crippen LogP contribution is 2.25. The van der Waals surface area contributed by atoms with Crippen LogP contribution in [0.2, 0.25) is 0 Å². The second-order valence-corrected chi connectivity index (χ2v) is 23.4. The summed E-state index contributed by atoms with van der Waals surface area (Å²) < 4.78 is 45.3. The van der Waals surface area contributed by atoms with Gasteiger partial charge in [-0.05, 0) is 224 Å². The lowest BCUT2D eigenvalue weighted by molar-refractivity contribution is 0.0830. The van der Waals surface area contributed by atoms with Gasteiger partial charge >= 0.3 is 0 Å². The summed E-state index contributed by atoms with van der Waals surface area (Å²) in [6, 6.07) is 39.3. The van der Waals surface area contributed by atoms with Gasteiger partial charge in [0.05, 0.1) is 32.7 Å². The van der Waals surface area contributed by atoms with Gasteiger partial charge in [-0.25, -0.2) is 13.2 Å². The predicted octanol–water partition coefficient (Wildman–Crippen LogP) is 11.4. The molecule has 0 amide bonds. The molecule has 3 N–H and O–H groups in total. The van der Waals surface area contributed by atoms with Gasteiger partial charge in [-0.1, -0.05) is 36.4 Å². The maximum absolute atomic E-state index is 13.1. The fraction of sp³-hybridized carbons (Fsp3) is 0.318. The maximum atomic E-state index is 13.1. The Bertz CT molecular complexity index is 3870. The van der Waals surface area contributed by atoms with Gasteiger partial charge in [0, 0.05) is 73.7 Å². The van der Waals surface area contributed by atoms with Gasteiger partial charge in [0.15, 0.2) is 31.7 Å². The number of hydrogen-bond donors (Lipinski definition) is 3. The minimum Gasteiger partial charge on any atom is -0.332 e. The summed E-state index contributed by atoms with van der Waals surface area (Å²) in [6.07, 6.45) is 4.56. The van der Waals surface area contributed by atoms with E-state index < -0.39 is 0 Å². The molecule has 21 heteroatoms. The molecule has 3 fully saturated rings. The summed E-state index contributed by atoms with van der Waals surface area (Å²) in [5.74, 6) is -0.877. The van der Waals surface area contributed by atoms with E-state index in [4.69, 9.17) is 36.7 Å². The molecule has 0 saturated carbocycles. The SMILES string of the molecule is O=C(c1ccc(F)cc1)C1CCN(CCn2c(=S)[nH]c3ccccc3c2=O)CC1.O=C(c1ccc(F)cc1)C1CCN(CCn2c(=S)[nH]c3ccccc3c2=O)CC1.O=C(c1ccc(F)cc1)C1CCN(CCn2c(=S)[nH]c3ccccc3c2=O)CC1. The predicted molar refractivity (Wildman–Crippen MR) is 340 cm³/mol. The van der Waals surface area contributed by atoms with Crippen molar-refractivity contribution in [1.82, 2.24) is 43.4 Å². The molecule has 3 aliphatic rings. The van der Waals surface area contributed by atoms with E-state index in [1.807, 2.05) is 54.6 Å². The Morgan fingerprint density at radius 2 is 0.586 bits per heavy atom. The van der Waals surface area contributed by atoms with E-state index in [1.54, 1.807) is 68.3 Å². The number of Topliss-reactive ketones (excluding diaryl/α,β-unsaturated/α-hetero) is 3. The molecule has 87 heavy (non-hydrogen) atoms. The van der Waals surface area contributed by atoms with Crippen molar-refractivity contribution in [2.45, 2.75) is 58.2 Å². The third kappa shape index (κ3) is 15.3.